The topological polar surface area (TPSA) is 59.1 Å². The molecule has 3 rings (SSSR count). The van der Waals surface area contributed by atoms with Crippen molar-refractivity contribution in [3.8, 4) is 0 Å². The van der Waals surface area contributed by atoms with Crippen LogP contribution in [0.5, 0.6) is 0 Å². The average molecular weight is 324 g/mol. The van der Waals surface area contributed by atoms with Gasteiger partial charge >= 0.3 is 0 Å². The molecule has 1 N–H and O–H groups in total. The highest BCUT2D eigenvalue weighted by Gasteiger charge is 2.11. The molecule has 0 radical (unpaired) electrons. The van der Waals surface area contributed by atoms with Gasteiger partial charge in [0.1, 0.15) is 0 Å². The summed E-state index contributed by atoms with van der Waals surface area (Å²) in [4.78, 5) is 17.4. The first-order valence-electron chi connectivity index (χ1n) is 7.20. The van der Waals surface area contributed by atoms with Crippen LogP contribution in [0.15, 0.2) is 65.7 Å². The maximum atomic E-state index is 12.4. The molecule has 1 aromatic heterocycles. The maximum absolute atomic E-state index is 12.4. The maximum Gasteiger partial charge on any atom is 0.228 e. The standard InChI is InChI=1S/C18H16N2O2S/c1-23(22)16-10-3-2-6-14(16)12-17(21)20-15-9-4-7-13-8-5-11-19-18(13)15/h2-11H,12H2,1H3,(H,20,21)/t23-/m1/s1. The largest absolute Gasteiger partial charge is 0.324 e. The van der Waals surface area contributed by atoms with Gasteiger partial charge in [-0.3, -0.25) is 14.0 Å². The van der Waals surface area contributed by atoms with Crippen LogP contribution in [0, 0.1) is 0 Å². The first kappa shape index (κ1) is 15.4. The molecule has 0 aliphatic rings. The zero-order chi connectivity index (χ0) is 16.2. The van der Waals surface area contributed by atoms with Crippen molar-refractivity contribution in [3.05, 3.63) is 66.4 Å². The van der Waals surface area contributed by atoms with Gasteiger partial charge in [-0.2, -0.15) is 0 Å². The molecule has 4 nitrogen and oxygen atoms in total. The number of fused-ring (bicyclic) bond motifs is 1. The van der Waals surface area contributed by atoms with Crippen LogP contribution in [0.4, 0.5) is 5.69 Å². The van der Waals surface area contributed by atoms with Crippen LogP contribution in [0.2, 0.25) is 0 Å². The number of anilines is 1. The van der Waals surface area contributed by atoms with Crippen LogP contribution < -0.4 is 5.32 Å². The lowest BCUT2D eigenvalue weighted by molar-refractivity contribution is -0.115. The molecule has 0 bridgehead atoms. The van der Waals surface area contributed by atoms with Crippen LogP contribution >= 0.6 is 0 Å². The summed E-state index contributed by atoms with van der Waals surface area (Å²) >= 11 is 0. The summed E-state index contributed by atoms with van der Waals surface area (Å²) in [6, 6.07) is 16.8. The molecular weight excluding hydrogens is 308 g/mol. The van der Waals surface area contributed by atoms with Gasteiger partial charge in [0.15, 0.2) is 0 Å². The van der Waals surface area contributed by atoms with E-state index in [-0.39, 0.29) is 12.3 Å². The second-order valence-corrected chi connectivity index (χ2v) is 6.52. The number of nitrogens with zero attached hydrogens (tertiary/aromatic N) is 1. The van der Waals surface area contributed by atoms with Crippen molar-refractivity contribution in [2.24, 2.45) is 0 Å². The minimum atomic E-state index is -1.12. The Labute approximate surface area is 137 Å². The molecule has 0 spiro atoms. The number of carbonyl (C=O) groups is 1. The fourth-order valence-electron chi connectivity index (χ4n) is 2.50. The molecule has 0 saturated heterocycles. The fourth-order valence-corrected chi connectivity index (χ4v) is 3.28. The first-order chi connectivity index (χ1) is 11.1. The highest BCUT2D eigenvalue weighted by Crippen LogP contribution is 2.21. The van der Waals surface area contributed by atoms with E-state index in [1.54, 1.807) is 18.5 Å². The molecule has 23 heavy (non-hydrogen) atoms. The van der Waals surface area contributed by atoms with E-state index >= 15 is 0 Å². The number of nitrogens with one attached hydrogen (secondary N) is 1. The Morgan fingerprint density at radius 1 is 1.09 bits per heavy atom. The second-order valence-electron chi connectivity index (χ2n) is 5.17. The third-order valence-electron chi connectivity index (χ3n) is 3.54. The van der Waals surface area contributed by atoms with Crippen LogP contribution in [0.25, 0.3) is 10.9 Å². The van der Waals surface area contributed by atoms with Gasteiger partial charge < -0.3 is 5.32 Å². The van der Waals surface area contributed by atoms with E-state index in [0.29, 0.717) is 10.6 Å². The van der Waals surface area contributed by atoms with Gasteiger partial charge in [0.05, 0.1) is 28.4 Å². The number of benzene rings is 2. The molecule has 0 aliphatic heterocycles. The number of hydrogen-bond acceptors (Lipinski definition) is 3. The van der Waals surface area contributed by atoms with E-state index in [1.807, 2.05) is 48.5 Å². The Hall–Kier alpha value is -2.53. The number of pyridine rings is 1. The highest BCUT2D eigenvalue weighted by molar-refractivity contribution is 7.84. The molecular formula is C18H16N2O2S. The van der Waals surface area contributed by atoms with E-state index in [2.05, 4.69) is 10.3 Å². The molecule has 116 valence electrons. The number of hydrogen-bond donors (Lipinski definition) is 1. The number of para-hydroxylation sites is 1. The van der Waals surface area contributed by atoms with Gasteiger partial charge in [-0.15, -0.1) is 0 Å². The smallest absolute Gasteiger partial charge is 0.228 e. The number of amides is 1. The molecule has 0 aliphatic carbocycles. The zero-order valence-corrected chi connectivity index (χ0v) is 13.5. The number of carbonyl (C=O) groups excluding carboxylic acids is 1. The molecule has 1 atom stereocenters. The van der Waals surface area contributed by atoms with Crippen LogP contribution in [-0.4, -0.2) is 21.4 Å². The van der Waals surface area contributed by atoms with Crippen molar-refractivity contribution >= 4 is 33.3 Å². The van der Waals surface area contributed by atoms with Crippen LogP contribution in [0.3, 0.4) is 0 Å². The van der Waals surface area contributed by atoms with E-state index in [9.17, 15) is 9.00 Å². The minimum Gasteiger partial charge on any atom is -0.324 e. The van der Waals surface area contributed by atoms with Gasteiger partial charge in [0.2, 0.25) is 5.91 Å². The Bertz CT molecular complexity index is 888. The van der Waals surface area contributed by atoms with E-state index in [1.165, 1.54) is 0 Å². The Morgan fingerprint density at radius 3 is 2.70 bits per heavy atom. The van der Waals surface area contributed by atoms with Crippen molar-refractivity contribution in [3.63, 3.8) is 0 Å². The molecule has 0 fully saturated rings. The predicted molar refractivity (Wildman–Crippen MR) is 92.9 cm³/mol. The average Bonchev–Trinajstić information content (AvgIpc) is 2.55. The summed E-state index contributed by atoms with van der Waals surface area (Å²) in [7, 11) is -1.12. The van der Waals surface area contributed by atoms with Crippen molar-refractivity contribution in [2.75, 3.05) is 11.6 Å². The molecule has 3 aromatic rings. The van der Waals surface area contributed by atoms with E-state index in [0.717, 1.165) is 16.5 Å². The third-order valence-corrected chi connectivity index (χ3v) is 4.56. The van der Waals surface area contributed by atoms with Crippen molar-refractivity contribution in [2.45, 2.75) is 11.3 Å². The molecule has 0 unspecified atom stereocenters. The monoisotopic (exact) mass is 324 g/mol. The fraction of sp³-hybridized carbons (Fsp3) is 0.111. The Balaban J connectivity index is 1.84. The van der Waals surface area contributed by atoms with E-state index in [4.69, 9.17) is 0 Å². The normalized spacial score (nSPS) is 12.0. The summed E-state index contributed by atoms with van der Waals surface area (Å²) in [6.07, 6.45) is 3.50. The Kier molecular flexibility index (Phi) is 4.48. The summed E-state index contributed by atoms with van der Waals surface area (Å²) in [5.41, 5.74) is 2.22. The lowest BCUT2D eigenvalue weighted by atomic mass is 10.1. The lowest BCUT2D eigenvalue weighted by Gasteiger charge is -2.10. The summed E-state index contributed by atoms with van der Waals surface area (Å²) in [5, 5.41) is 3.87. The Morgan fingerprint density at radius 2 is 1.87 bits per heavy atom. The summed E-state index contributed by atoms with van der Waals surface area (Å²) in [5.74, 6) is -0.152. The van der Waals surface area contributed by atoms with Gasteiger partial charge in [-0.1, -0.05) is 36.4 Å². The highest BCUT2D eigenvalue weighted by atomic mass is 32.2. The summed E-state index contributed by atoms with van der Waals surface area (Å²) < 4.78 is 11.8. The first-order valence-corrected chi connectivity index (χ1v) is 8.76. The second kappa shape index (κ2) is 6.71. The summed E-state index contributed by atoms with van der Waals surface area (Å²) in [6.45, 7) is 0. The molecule has 5 heteroatoms. The molecule has 1 amide bonds. The van der Waals surface area contributed by atoms with Gasteiger partial charge in [0, 0.05) is 22.7 Å². The minimum absolute atomic E-state index is 0.152. The van der Waals surface area contributed by atoms with Crippen molar-refractivity contribution in [1.29, 1.82) is 0 Å². The van der Waals surface area contributed by atoms with Gasteiger partial charge in [-0.05, 0) is 23.8 Å². The zero-order valence-electron chi connectivity index (χ0n) is 12.7. The van der Waals surface area contributed by atoms with Crippen molar-refractivity contribution < 1.29 is 9.00 Å². The predicted octanol–water partition coefficient (Wildman–Crippen LogP) is 3.15. The van der Waals surface area contributed by atoms with Gasteiger partial charge in [0.25, 0.3) is 0 Å². The molecule has 0 saturated carbocycles. The van der Waals surface area contributed by atoms with Gasteiger partial charge in [-0.25, -0.2) is 0 Å². The molecule has 2 aromatic carbocycles. The third kappa shape index (κ3) is 3.46. The van der Waals surface area contributed by atoms with E-state index < -0.39 is 10.8 Å². The lowest BCUT2D eigenvalue weighted by Crippen LogP contribution is -2.16. The number of aromatic nitrogens is 1. The van der Waals surface area contributed by atoms with Crippen LogP contribution in [0.1, 0.15) is 5.56 Å². The van der Waals surface area contributed by atoms with Crippen LogP contribution in [-0.2, 0) is 22.0 Å². The SMILES string of the molecule is C[S@@](=O)c1ccccc1CC(=O)Nc1cccc2cccnc12. The number of rotatable bonds is 4. The van der Waals surface area contributed by atoms with Crippen molar-refractivity contribution in [1.82, 2.24) is 4.98 Å². The quantitative estimate of drug-likeness (QED) is 0.802. The molecule has 1 heterocycles.